The van der Waals surface area contributed by atoms with Gasteiger partial charge in [0.2, 0.25) is 0 Å². The van der Waals surface area contributed by atoms with Crippen LogP contribution in [0.25, 0.3) is 6.08 Å². The number of hydrogen-bond acceptors (Lipinski definition) is 8. The van der Waals surface area contributed by atoms with Gasteiger partial charge in [0, 0.05) is 56.9 Å². The van der Waals surface area contributed by atoms with Crippen LogP contribution in [0, 0.1) is 18.3 Å². The van der Waals surface area contributed by atoms with Crippen LogP contribution in [0.5, 0.6) is 0 Å². The molecule has 0 spiro atoms. The second-order valence-corrected chi connectivity index (χ2v) is 11.1. The lowest BCUT2D eigenvalue weighted by molar-refractivity contribution is -0.137. The van der Waals surface area contributed by atoms with E-state index >= 15 is 0 Å². The van der Waals surface area contributed by atoms with Crippen LogP contribution in [-0.2, 0) is 16.1 Å². The number of benzene rings is 1. The van der Waals surface area contributed by atoms with Gasteiger partial charge in [-0.2, -0.15) is 5.26 Å². The number of anilines is 2. The maximum atomic E-state index is 13.4. The summed E-state index contributed by atoms with van der Waals surface area (Å²) in [7, 11) is 0. The first-order chi connectivity index (χ1) is 18.8. The van der Waals surface area contributed by atoms with Gasteiger partial charge in [0.05, 0.1) is 4.91 Å². The van der Waals surface area contributed by atoms with Crippen LogP contribution in [-0.4, -0.2) is 63.5 Å². The van der Waals surface area contributed by atoms with Gasteiger partial charge in [-0.05, 0) is 43.5 Å². The van der Waals surface area contributed by atoms with Crippen molar-refractivity contribution in [3.05, 3.63) is 62.3 Å². The number of thioether (sulfide) groups is 1. The zero-order valence-corrected chi connectivity index (χ0v) is 23.7. The molecule has 39 heavy (non-hydrogen) atoms. The number of nitriles is 1. The third-order valence-corrected chi connectivity index (χ3v) is 8.29. The number of carbonyl (C=O) groups is 2. The van der Waals surface area contributed by atoms with Gasteiger partial charge in [0.25, 0.3) is 11.5 Å². The molecule has 1 N–H and O–H groups in total. The van der Waals surface area contributed by atoms with Crippen LogP contribution in [0.3, 0.4) is 0 Å². The van der Waals surface area contributed by atoms with Crippen LogP contribution < -0.4 is 15.4 Å². The minimum absolute atomic E-state index is 0.0537. The van der Waals surface area contributed by atoms with Crippen LogP contribution >= 0.6 is 24.0 Å². The summed E-state index contributed by atoms with van der Waals surface area (Å²) >= 11 is 6.59. The Morgan fingerprint density at radius 3 is 2.41 bits per heavy atom. The highest BCUT2D eigenvalue weighted by molar-refractivity contribution is 8.26. The number of nitrogens with zero attached hydrogens (tertiary/aromatic N) is 5. The van der Waals surface area contributed by atoms with Gasteiger partial charge in [-0.15, -0.1) is 0 Å². The zero-order valence-electron chi connectivity index (χ0n) is 22.1. The van der Waals surface area contributed by atoms with E-state index in [9.17, 15) is 19.6 Å². The number of carboxylic acids is 1. The van der Waals surface area contributed by atoms with Crippen molar-refractivity contribution in [1.29, 1.82) is 5.26 Å². The maximum Gasteiger partial charge on any atom is 0.303 e. The molecule has 11 heteroatoms. The van der Waals surface area contributed by atoms with E-state index in [4.69, 9.17) is 17.3 Å². The molecule has 204 valence electrons. The summed E-state index contributed by atoms with van der Waals surface area (Å²) in [4.78, 5) is 43.9. The van der Waals surface area contributed by atoms with E-state index in [-0.39, 0.29) is 30.0 Å². The number of carboxylic acid groups (broad SMARTS) is 1. The second kappa shape index (κ2) is 12.5. The van der Waals surface area contributed by atoms with Crippen molar-refractivity contribution in [2.75, 3.05) is 42.5 Å². The van der Waals surface area contributed by atoms with Crippen molar-refractivity contribution >= 4 is 57.8 Å². The van der Waals surface area contributed by atoms with E-state index in [0.29, 0.717) is 58.6 Å². The number of pyridine rings is 1. The molecule has 4 rings (SSSR count). The summed E-state index contributed by atoms with van der Waals surface area (Å²) in [6.07, 6.45) is 2.69. The normalized spacial score (nSPS) is 16.7. The molecule has 2 aliphatic rings. The van der Waals surface area contributed by atoms with Crippen molar-refractivity contribution in [3.8, 4) is 6.07 Å². The fourth-order valence-corrected chi connectivity index (χ4v) is 6.23. The Labute approximate surface area is 237 Å². The monoisotopic (exact) mass is 565 g/mol. The molecule has 2 fully saturated rings. The summed E-state index contributed by atoms with van der Waals surface area (Å²) in [5, 5.41) is 18.8. The Kier molecular flexibility index (Phi) is 9.09. The Morgan fingerprint density at radius 2 is 1.79 bits per heavy atom. The van der Waals surface area contributed by atoms with Crippen LogP contribution in [0.1, 0.15) is 42.9 Å². The van der Waals surface area contributed by atoms with E-state index in [1.807, 2.05) is 25.1 Å². The number of carbonyl (C=O) groups excluding carboxylic acids is 1. The Bertz CT molecular complexity index is 1410. The van der Waals surface area contributed by atoms with Crippen LogP contribution in [0.15, 0.2) is 40.0 Å². The number of hydrogen-bond donors (Lipinski definition) is 1. The molecule has 0 radical (unpaired) electrons. The highest BCUT2D eigenvalue weighted by Gasteiger charge is 2.33. The molecule has 2 saturated heterocycles. The summed E-state index contributed by atoms with van der Waals surface area (Å²) < 4.78 is 2.04. The minimum Gasteiger partial charge on any atom is -0.481 e. The van der Waals surface area contributed by atoms with Crippen molar-refractivity contribution in [3.63, 3.8) is 0 Å². The first-order valence-electron chi connectivity index (χ1n) is 13.0. The Hall–Kier alpha value is -3.62. The number of rotatable bonds is 9. The van der Waals surface area contributed by atoms with E-state index in [1.165, 1.54) is 4.90 Å². The van der Waals surface area contributed by atoms with Crippen LogP contribution in [0.2, 0.25) is 0 Å². The molecule has 1 aromatic carbocycles. The summed E-state index contributed by atoms with van der Waals surface area (Å²) in [6, 6.07) is 12.3. The number of aliphatic carboxylic acids is 1. The Morgan fingerprint density at radius 1 is 1.13 bits per heavy atom. The molecule has 1 amide bonds. The third kappa shape index (κ3) is 6.02. The zero-order chi connectivity index (χ0) is 28.1. The first-order valence-corrected chi connectivity index (χ1v) is 14.2. The average molecular weight is 566 g/mol. The number of piperazine rings is 1. The predicted octanol–water partition coefficient (Wildman–Crippen LogP) is 3.83. The lowest BCUT2D eigenvalue weighted by Gasteiger charge is -2.39. The van der Waals surface area contributed by atoms with Gasteiger partial charge in [-0.3, -0.25) is 23.9 Å². The topological polar surface area (TPSA) is 110 Å². The lowest BCUT2D eigenvalue weighted by Crippen LogP contribution is -2.48. The van der Waals surface area contributed by atoms with Gasteiger partial charge in [0.1, 0.15) is 21.8 Å². The van der Waals surface area contributed by atoms with Crippen molar-refractivity contribution in [2.24, 2.45) is 0 Å². The second-order valence-electron chi connectivity index (χ2n) is 9.45. The molecule has 0 atom stereocenters. The molecule has 0 saturated carbocycles. The summed E-state index contributed by atoms with van der Waals surface area (Å²) in [5.74, 6) is -0.505. The molecule has 0 bridgehead atoms. The average Bonchev–Trinajstić information content (AvgIpc) is 3.19. The van der Waals surface area contributed by atoms with Gasteiger partial charge in [-0.25, -0.2) is 0 Å². The highest BCUT2D eigenvalue weighted by Crippen LogP contribution is 2.36. The fraction of sp³-hybridized carbons (Fsp3) is 0.393. The molecule has 2 aromatic rings. The van der Waals surface area contributed by atoms with E-state index in [1.54, 1.807) is 17.6 Å². The molecular weight excluding hydrogens is 534 g/mol. The van der Waals surface area contributed by atoms with Crippen molar-refractivity contribution < 1.29 is 14.7 Å². The SMILES string of the molecule is CCCn1c(N2CCN(c3ccccc3)CC2)c(/C=C2\SC(=S)N(CCCC(=O)O)C2=O)c(C)c(C#N)c1=O. The van der Waals surface area contributed by atoms with E-state index in [2.05, 4.69) is 28.0 Å². The number of aromatic nitrogens is 1. The fourth-order valence-electron chi connectivity index (χ4n) is 4.94. The molecule has 2 aliphatic heterocycles. The lowest BCUT2D eigenvalue weighted by atomic mass is 10.0. The van der Waals surface area contributed by atoms with Gasteiger partial charge < -0.3 is 14.9 Å². The molecule has 9 nitrogen and oxygen atoms in total. The van der Waals surface area contributed by atoms with Gasteiger partial charge in [0.15, 0.2) is 0 Å². The standard InChI is InChI=1S/C28H31N5O4S2/c1-3-11-32-25(31-15-13-30(14-16-31)20-8-5-4-6-9-20)21(19(2)22(18-29)26(32)36)17-23-27(37)33(28(38)39-23)12-7-10-24(34)35/h4-6,8-9,17H,3,7,10-16H2,1-2H3,(H,34,35)/b23-17-. The Balaban J connectivity index is 1.73. The molecule has 0 aliphatic carbocycles. The van der Waals surface area contributed by atoms with Crippen molar-refractivity contribution in [2.45, 2.75) is 39.7 Å². The third-order valence-electron chi connectivity index (χ3n) is 6.92. The molecule has 3 heterocycles. The molecular formula is C28H31N5O4S2. The van der Waals surface area contributed by atoms with Gasteiger partial charge >= 0.3 is 5.97 Å². The smallest absolute Gasteiger partial charge is 0.303 e. The van der Waals surface area contributed by atoms with E-state index < -0.39 is 5.97 Å². The van der Waals surface area contributed by atoms with Crippen LogP contribution in [0.4, 0.5) is 11.5 Å². The number of thiocarbonyl (C=S) groups is 1. The predicted molar refractivity (Wildman–Crippen MR) is 158 cm³/mol. The molecule has 1 aromatic heterocycles. The number of amides is 1. The quantitative estimate of drug-likeness (QED) is 0.358. The van der Waals surface area contributed by atoms with Crippen molar-refractivity contribution in [1.82, 2.24) is 9.47 Å². The minimum atomic E-state index is -0.925. The first kappa shape index (κ1) is 28.4. The maximum absolute atomic E-state index is 13.4. The highest BCUT2D eigenvalue weighted by atomic mass is 32.2. The van der Waals surface area contributed by atoms with Gasteiger partial charge in [-0.1, -0.05) is 49.1 Å². The summed E-state index contributed by atoms with van der Waals surface area (Å²) in [5.41, 5.74) is 2.09. The number of para-hydroxylation sites is 1. The summed E-state index contributed by atoms with van der Waals surface area (Å²) in [6.45, 7) is 7.25. The largest absolute Gasteiger partial charge is 0.481 e. The van der Waals surface area contributed by atoms with E-state index in [0.717, 1.165) is 30.5 Å². The molecule has 0 unspecified atom stereocenters.